The summed E-state index contributed by atoms with van der Waals surface area (Å²) < 4.78 is 0. The van der Waals surface area contributed by atoms with Gasteiger partial charge in [-0.05, 0) is 24.6 Å². The number of hydrogen-bond donors (Lipinski definition) is 2. The van der Waals surface area contributed by atoms with Crippen molar-refractivity contribution < 1.29 is 19.5 Å². The lowest BCUT2D eigenvalue weighted by molar-refractivity contribution is -0.138. The van der Waals surface area contributed by atoms with Crippen LogP contribution in [0.2, 0.25) is 0 Å². The zero-order valence-electron chi connectivity index (χ0n) is 10.4. The van der Waals surface area contributed by atoms with Gasteiger partial charge in [-0.2, -0.15) is 0 Å². The molecule has 0 aliphatic carbocycles. The van der Waals surface area contributed by atoms with E-state index in [2.05, 4.69) is 5.32 Å². The van der Waals surface area contributed by atoms with Crippen LogP contribution < -0.4 is 10.2 Å². The van der Waals surface area contributed by atoms with Gasteiger partial charge in [0.25, 0.3) is 0 Å². The van der Waals surface area contributed by atoms with Gasteiger partial charge in [-0.3, -0.25) is 19.7 Å². The largest absolute Gasteiger partial charge is 0.481 e. The first kappa shape index (κ1) is 13.1. The van der Waals surface area contributed by atoms with Crippen molar-refractivity contribution in [2.24, 2.45) is 0 Å². The number of amides is 2. The van der Waals surface area contributed by atoms with Crippen LogP contribution in [0.25, 0.3) is 0 Å². The normalized spacial score (nSPS) is 17.0. The van der Waals surface area contributed by atoms with Gasteiger partial charge < -0.3 is 10.0 Å². The number of carboxylic acids is 1. The highest BCUT2D eigenvalue weighted by atomic mass is 16.4. The highest BCUT2D eigenvalue weighted by Gasteiger charge is 2.22. The molecule has 1 unspecified atom stereocenters. The number of carboxylic acid groups (broad SMARTS) is 1. The number of imide groups is 1. The maximum Gasteiger partial charge on any atom is 0.310 e. The summed E-state index contributed by atoms with van der Waals surface area (Å²) >= 11 is 0. The molecule has 6 nitrogen and oxygen atoms in total. The third-order valence-electron chi connectivity index (χ3n) is 3.08. The standard InChI is InChI=1S/C13H14N2O4/c1-8(13(18)19)9-2-4-10(5-3-9)15-6-11(16)14-12(17)7-15/h2-5,8H,6-7H2,1H3,(H,18,19)(H,14,16,17). The van der Waals surface area contributed by atoms with E-state index >= 15 is 0 Å². The van der Waals surface area contributed by atoms with Gasteiger partial charge in [0.1, 0.15) is 0 Å². The van der Waals surface area contributed by atoms with Crippen LogP contribution in [0.1, 0.15) is 18.4 Å². The van der Waals surface area contributed by atoms with Gasteiger partial charge in [0.2, 0.25) is 11.8 Å². The lowest BCUT2D eigenvalue weighted by atomic mass is 10.0. The van der Waals surface area contributed by atoms with E-state index in [1.165, 1.54) is 0 Å². The quantitative estimate of drug-likeness (QED) is 0.767. The molecule has 6 heteroatoms. The van der Waals surface area contributed by atoms with Crippen molar-refractivity contribution >= 4 is 23.5 Å². The number of piperazine rings is 1. The predicted molar refractivity (Wildman–Crippen MR) is 67.9 cm³/mol. The Morgan fingerprint density at radius 1 is 1.21 bits per heavy atom. The zero-order chi connectivity index (χ0) is 14.0. The first-order valence-corrected chi connectivity index (χ1v) is 5.88. The Morgan fingerprint density at radius 2 is 1.74 bits per heavy atom. The zero-order valence-corrected chi connectivity index (χ0v) is 10.4. The third-order valence-corrected chi connectivity index (χ3v) is 3.08. The van der Waals surface area contributed by atoms with Crippen LogP contribution in [0.5, 0.6) is 0 Å². The summed E-state index contributed by atoms with van der Waals surface area (Å²) in [4.78, 5) is 35.1. The molecule has 19 heavy (non-hydrogen) atoms. The monoisotopic (exact) mass is 262 g/mol. The van der Waals surface area contributed by atoms with Gasteiger partial charge in [-0.1, -0.05) is 12.1 Å². The predicted octanol–water partition coefficient (Wildman–Crippen LogP) is 0.337. The summed E-state index contributed by atoms with van der Waals surface area (Å²) in [7, 11) is 0. The van der Waals surface area contributed by atoms with Crippen molar-refractivity contribution in [1.82, 2.24) is 5.32 Å². The van der Waals surface area contributed by atoms with Crippen LogP contribution >= 0.6 is 0 Å². The molecule has 0 bridgehead atoms. The van der Waals surface area contributed by atoms with E-state index in [1.54, 1.807) is 36.1 Å². The molecule has 0 saturated carbocycles. The Balaban J connectivity index is 2.16. The molecule has 1 saturated heterocycles. The van der Waals surface area contributed by atoms with E-state index in [0.29, 0.717) is 5.56 Å². The first-order chi connectivity index (χ1) is 8.97. The Kier molecular flexibility index (Phi) is 3.50. The molecule has 1 heterocycles. The van der Waals surface area contributed by atoms with Crippen molar-refractivity contribution in [3.63, 3.8) is 0 Å². The molecular weight excluding hydrogens is 248 g/mol. The number of nitrogens with zero attached hydrogens (tertiary/aromatic N) is 1. The number of carbonyl (C=O) groups is 3. The summed E-state index contributed by atoms with van der Waals surface area (Å²) in [6, 6.07) is 6.84. The van der Waals surface area contributed by atoms with Crippen LogP contribution in [-0.2, 0) is 14.4 Å². The van der Waals surface area contributed by atoms with Gasteiger partial charge in [0, 0.05) is 5.69 Å². The van der Waals surface area contributed by atoms with Crippen LogP contribution in [-0.4, -0.2) is 36.0 Å². The summed E-state index contributed by atoms with van der Waals surface area (Å²) in [5, 5.41) is 11.1. The summed E-state index contributed by atoms with van der Waals surface area (Å²) in [6.45, 7) is 1.86. The molecule has 100 valence electrons. The van der Waals surface area contributed by atoms with E-state index in [-0.39, 0.29) is 24.9 Å². The molecule has 1 aliphatic heterocycles. The molecule has 1 aromatic carbocycles. The highest BCUT2D eigenvalue weighted by Crippen LogP contribution is 2.21. The smallest absolute Gasteiger partial charge is 0.310 e. The Bertz CT molecular complexity index is 508. The fourth-order valence-corrected chi connectivity index (χ4v) is 1.94. The molecular formula is C13H14N2O4. The van der Waals surface area contributed by atoms with Crippen molar-refractivity contribution in [2.75, 3.05) is 18.0 Å². The number of benzene rings is 1. The van der Waals surface area contributed by atoms with Gasteiger partial charge >= 0.3 is 5.97 Å². The lowest BCUT2D eigenvalue weighted by Crippen LogP contribution is -2.51. The van der Waals surface area contributed by atoms with E-state index in [4.69, 9.17) is 5.11 Å². The van der Waals surface area contributed by atoms with E-state index in [0.717, 1.165) is 5.69 Å². The second-order valence-electron chi connectivity index (χ2n) is 4.48. The minimum Gasteiger partial charge on any atom is -0.481 e. The topological polar surface area (TPSA) is 86.7 Å². The Morgan fingerprint density at radius 3 is 2.21 bits per heavy atom. The van der Waals surface area contributed by atoms with Crippen molar-refractivity contribution in [3.05, 3.63) is 29.8 Å². The molecule has 1 aromatic rings. The van der Waals surface area contributed by atoms with Crippen molar-refractivity contribution in [3.8, 4) is 0 Å². The van der Waals surface area contributed by atoms with E-state index in [1.807, 2.05) is 0 Å². The maximum atomic E-state index is 11.3. The van der Waals surface area contributed by atoms with Crippen molar-refractivity contribution in [2.45, 2.75) is 12.8 Å². The minimum atomic E-state index is -0.889. The fourth-order valence-electron chi connectivity index (χ4n) is 1.94. The van der Waals surface area contributed by atoms with Gasteiger partial charge in [-0.25, -0.2) is 0 Å². The lowest BCUT2D eigenvalue weighted by Gasteiger charge is -2.27. The molecule has 0 spiro atoms. The number of anilines is 1. The molecule has 0 radical (unpaired) electrons. The summed E-state index contributed by atoms with van der Waals surface area (Å²) in [6.07, 6.45) is 0. The number of hydrogen-bond acceptors (Lipinski definition) is 4. The Labute approximate surface area is 110 Å². The molecule has 1 aliphatic rings. The average molecular weight is 262 g/mol. The SMILES string of the molecule is CC(C(=O)O)c1ccc(N2CC(=O)NC(=O)C2)cc1. The minimum absolute atomic E-state index is 0.125. The highest BCUT2D eigenvalue weighted by molar-refractivity contribution is 6.02. The molecule has 2 N–H and O–H groups in total. The number of carbonyl (C=O) groups excluding carboxylic acids is 2. The second kappa shape index (κ2) is 5.09. The summed E-state index contributed by atoms with van der Waals surface area (Å²) in [5.74, 6) is -2.14. The van der Waals surface area contributed by atoms with Crippen LogP contribution in [0.3, 0.4) is 0 Å². The molecule has 0 aromatic heterocycles. The first-order valence-electron chi connectivity index (χ1n) is 5.88. The molecule has 2 rings (SSSR count). The van der Waals surface area contributed by atoms with E-state index in [9.17, 15) is 14.4 Å². The van der Waals surface area contributed by atoms with Gasteiger partial charge in [-0.15, -0.1) is 0 Å². The average Bonchev–Trinajstić information content (AvgIpc) is 2.37. The summed E-state index contributed by atoms with van der Waals surface area (Å²) in [5.41, 5.74) is 1.41. The number of aliphatic carboxylic acids is 1. The van der Waals surface area contributed by atoms with Crippen molar-refractivity contribution in [1.29, 1.82) is 0 Å². The third kappa shape index (κ3) is 2.90. The van der Waals surface area contributed by atoms with Crippen LogP contribution in [0.15, 0.2) is 24.3 Å². The second-order valence-corrected chi connectivity index (χ2v) is 4.48. The van der Waals surface area contributed by atoms with Crippen LogP contribution in [0, 0.1) is 0 Å². The molecule has 1 fully saturated rings. The Hall–Kier alpha value is -2.37. The maximum absolute atomic E-state index is 11.3. The fraction of sp³-hybridized carbons (Fsp3) is 0.308. The van der Waals surface area contributed by atoms with E-state index < -0.39 is 11.9 Å². The number of nitrogens with one attached hydrogen (secondary N) is 1. The number of rotatable bonds is 3. The van der Waals surface area contributed by atoms with Crippen LogP contribution in [0.4, 0.5) is 5.69 Å². The molecule has 2 amide bonds. The van der Waals surface area contributed by atoms with Gasteiger partial charge in [0.15, 0.2) is 0 Å². The molecule has 1 atom stereocenters. The van der Waals surface area contributed by atoms with Gasteiger partial charge in [0.05, 0.1) is 19.0 Å².